The standard InChI is InChI=1S/C21H25FN2O3/c1-13-5-14(2)20(15(3)6-13)23-19(25)10-24(4)9-16-7-18(22)8-17-11-26-12-27-21(16)17/h5-8H,9-12H2,1-4H3,(H,23,25). The van der Waals surface area contributed by atoms with Crippen molar-refractivity contribution in [3.05, 3.63) is 57.9 Å². The fourth-order valence-corrected chi connectivity index (χ4v) is 3.52. The van der Waals surface area contributed by atoms with Gasteiger partial charge in [0.25, 0.3) is 0 Å². The van der Waals surface area contributed by atoms with Gasteiger partial charge in [-0.2, -0.15) is 0 Å². The number of benzene rings is 2. The summed E-state index contributed by atoms with van der Waals surface area (Å²) in [6.07, 6.45) is 0. The third kappa shape index (κ3) is 4.64. The van der Waals surface area contributed by atoms with Crippen LogP contribution in [-0.2, 0) is 22.7 Å². The van der Waals surface area contributed by atoms with Gasteiger partial charge in [-0.25, -0.2) is 4.39 Å². The quantitative estimate of drug-likeness (QED) is 0.870. The van der Waals surface area contributed by atoms with Crippen molar-refractivity contribution in [2.45, 2.75) is 33.9 Å². The molecule has 6 heteroatoms. The number of nitrogens with one attached hydrogen (secondary N) is 1. The van der Waals surface area contributed by atoms with E-state index >= 15 is 0 Å². The second-order valence-corrected chi connectivity index (χ2v) is 7.16. The first-order valence-corrected chi connectivity index (χ1v) is 8.91. The molecule has 0 aromatic heterocycles. The van der Waals surface area contributed by atoms with Crippen molar-refractivity contribution in [1.29, 1.82) is 0 Å². The van der Waals surface area contributed by atoms with Gasteiger partial charge < -0.3 is 14.8 Å². The Kier molecular flexibility index (Phi) is 5.77. The number of fused-ring (bicyclic) bond motifs is 1. The minimum Gasteiger partial charge on any atom is -0.467 e. The van der Waals surface area contributed by atoms with E-state index in [1.807, 2.05) is 44.9 Å². The van der Waals surface area contributed by atoms with Crippen LogP contribution in [0, 0.1) is 26.6 Å². The fourth-order valence-electron chi connectivity index (χ4n) is 3.52. The van der Waals surface area contributed by atoms with Crippen molar-refractivity contribution in [1.82, 2.24) is 4.90 Å². The number of aryl methyl sites for hydroxylation is 3. The SMILES string of the molecule is Cc1cc(C)c(NC(=O)CN(C)Cc2cc(F)cc3c2OCOC3)c(C)c1. The number of nitrogens with zero attached hydrogens (tertiary/aromatic N) is 1. The van der Waals surface area contributed by atoms with Gasteiger partial charge in [0.1, 0.15) is 11.6 Å². The summed E-state index contributed by atoms with van der Waals surface area (Å²) in [5.41, 5.74) is 5.50. The number of likely N-dealkylation sites (N-methyl/N-ethyl adjacent to an activating group) is 1. The summed E-state index contributed by atoms with van der Waals surface area (Å²) in [6.45, 7) is 7.08. The minimum atomic E-state index is -0.332. The van der Waals surface area contributed by atoms with Crippen LogP contribution in [0.2, 0.25) is 0 Å². The largest absolute Gasteiger partial charge is 0.467 e. The molecule has 1 aliphatic rings. The highest BCUT2D eigenvalue weighted by atomic mass is 19.1. The molecule has 2 aromatic carbocycles. The number of hydrogen-bond acceptors (Lipinski definition) is 4. The van der Waals surface area contributed by atoms with Crippen LogP contribution in [0.25, 0.3) is 0 Å². The summed E-state index contributed by atoms with van der Waals surface area (Å²) >= 11 is 0. The van der Waals surface area contributed by atoms with Gasteiger partial charge in [-0.15, -0.1) is 0 Å². The van der Waals surface area contributed by atoms with E-state index in [2.05, 4.69) is 5.32 Å². The molecule has 0 saturated carbocycles. The predicted octanol–water partition coefficient (Wildman–Crippen LogP) is 3.69. The Morgan fingerprint density at radius 2 is 1.89 bits per heavy atom. The van der Waals surface area contributed by atoms with E-state index in [4.69, 9.17) is 9.47 Å². The minimum absolute atomic E-state index is 0.109. The molecule has 5 nitrogen and oxygen atoms in total. The molecule has 1 N–H and O–H groups in total. The monoisotopic (exact) mass is 372 g/mol. The zero-order valence-electron chi connectivity index (χ0n) is 16.2. The van der Waals surface area contributed by atoms with Crippen LogP contribution >= 0.6 is 0 Å². The molecule has 0 spiro atoms. The molecule has 0 fully saturated rings. The molecule has 3 rings (SSSR count). The highest BCUT2D eigenvalue weighted by Gasteiger charge is 2.19. The molecule has 0 aliphatic carbocycles. The van der Waals surface area contributed by atoms with Gasteiger partial charge in [-0.1, -0.05) is 17.7 Å². The molecule has 144 valence electrons. The third-order valence-corrected chi connectivity index (χ3v) is 4.55. The molecular formula is C21H25FN2O3. The highest BCUT2D eigenvalue weighted by molar-refractivity contribution is 5.93. The lowest BCUT2D eigenvalue weighted by Gasteiger charge is -2.23. The number of rotatable bonds is 5. The van der Waals surface area contributed by atoms with E-state index in [9.17, 15) is 9.18 Å². The number of anilines is 1. The van der Waals surface area contributed by atoms with E-state index in [1.165, 1.54) is 17.7 Å². The van der Waals surface area contributed by atoms with Crippen molar-refractivity contribution in [3.8, 4) is 5.75 Å². The van der Waals surface area contributed by atoms with E-state index < -0.39 is 0 Å². The van der Waals surface area contributed by atoms with E-state index in [0.717, 1.165) is 16.8 Å². The molecule has 2 aromatic rings. The molecule has 0 bridgehead atoms. The summed E-state index contributed by atoms with van der Waals surface area (Å²) < 4.78 is 24.6. The Morgan fingerprint density at radius 3 is 2.59 bits per heavy atom. The molecule has 0 saturated heterocycles. The summed E-state index contributed by atoms with van der Waals surface area (Å²) in [4.78, 5) is 14.3. The number of hydrogen-bond donors (Lipinski definition) is 1. The van der Waals surface area contributed by atoms with E-state index in [1.54, 1.807) is 0 Å². The maximum atomic E-state index is 13.9. The van der Waals surface area contributed by atoms with Crippen LogP contribution in [0.3, 0.4) is 0 Å². The first-order valence-electron chi connectivity index (χ1n) is 8.91. The molecule has 1 heterocycles. The van der Waals surface area contributed by atoms with Crippen molar-refractivity contribution < 1.29 is 18.7 Å². The van der Waals surface area contributed by atoms with Crippen LogP contribution in [0.15, 0.2) is 24.3 Å². The van der Waals surface area contributed by atoms with Crippen LogP contribution in [-0.4, -0.2) is 31.2 Å². The third-order valence-electron chi connectivity index (χ3n) is 4.55. The lowest BCUT2D eigenvalue weighted by atomic mass is 10.1. The van der Waals surface area contributed by atoms with Crippen LogP contribution < -0.4 is 10.1 Å². The zero-order valence-corrected chi connectivity index (χ0v) is 16.2. The number of ether oxygens (including phenoxy) is 2. The summed E-state index contributed by atoms with van der Waals surface area (Å²) in [6, 6.07) is 6.97. The van der Waals surface area contributed by atoms with Crippen molar-refractivity contribution in [2.75, 3.05) is 25.7 Å². The average molecular weight is 372 g/mol. The van der Waals surface area contributed by atoms with Gasteiger partial charge in [0.2, 0.25) is 5.91 Å². The van der Waals surface area contributed by atoms with Gasteiger partial charge in [-0.3, -0.25) is 9.69 Å². The number of amides is 1. The number of halogens is 1. The van der Waals surface area contributed by atoms with Crippen LogP contribution in [0.5, 0.6) is 5.75 Å². The molecule has 1 aliphatic heterocycles. The molecule has 0 atom stereocenters. The molecule has 27 heavy (non-hydrogen) atoms. The fraction of sp³-hybridized carbons (Fsp3) is 0.381. The number of carbonyl (C=O) groups excluding carboxylic acids is 1. The lowest BCUT2D eigenvalue weighted by molar-refractivity contribution is -0.117. The first-order chi connectivity index (χ1) is 12.8. The molecular weight excluding hydrogens is 347 g/mol. The average Bonchev–Trinajstić information content (AvgIpc) is 2.57. The van der Waals surface area contributed by atoms with Crippen molar-refractivity contribution >= 4 is 11.6 Å². The van der Waals surface area contributed by atoms with Gasteiger partial charge in [0.15, 0.2) is 6.79 Å². The maximum Gasteiger partial charge on any atom is 0.238 e. The van der Waals surface area contributed by atoms with Gasteiger partial charge >= 0.3 is 0 Å². The zero-order chi connectivity index (χ0) is 19.6. The van der Waals surface area contributed by atoms with Gasteiger partial charge in [0.05, 0.1) is 13.2 Å². The topological polar surface area (TPSA) is 50.8 Å². The maximum absolute atomic E-state index is 13.9. The van der Waals surface area contributed by atoms with E-state index in [-0.39, 0.29) is 25.1 Å². The summed E-state index contributed by atoms with van der Waals surface area (Å²) in [5.74, 6) is 0.212. The normalized spacial score (nSPS) is 13.3. The Morgan fingerprint density at radius 1 is 1.19 bits per heavy atom. The van der Waals surface area contributed by atoms with Gasteiger partial charge in [-0.05, 0) is 51.1 Å². The van der Waals surface area contributed by atoms with Crippen LogP contribution in [0.1, 0.15) is 27.8 Å². The van der Waals surface area contributed by atoms with Crippen LogP contribution in [0.4, 0.5) is 10.1 Å². The van der Waals surface area contributed by atoms with Crippen molar-refractivity contribution in [2.24, 2.45) is 0 Å². The second kappa shape index (κ2) is 8.06. The second-order valence-electron chi connectivity index (χ2n) is 7.16. The predicted molar refractivity (Wildman–Crippen MR) is 102 cm³/mol. The smallest absolute Gasteiger partial charge is 0.238 e. The summed E-state index contributed by atoms with van der Waals surface area (Å²) in [5, 5.41) is 2.99. The molecule has 0 unspecified atom stereocenters. The van der Waals surface area contributed by atoms with E-state index in [0.29, 0.717) is 30.0 Å². The Labute approximate surface area is 159 Å². The Bertz CT molecular complexity index is 844. The Hall–Kier alpha value is -2.44. The summed E-state index contributed by atoms with van der Waals surface area (Å²) in [7, 11) is 1.82. The number of carbonyl (C=O) groups is 1. The Balaban J connectivity index is 1.67. The lowest BCUT2D eigenvalue weighted by Crippen LogP contribution is -2.30. The first kappa shape index (κ1) is 19.3. The highest BCUT2D eigenvalue weighted by Crippen LogP contribution is 2.30. The van der Waals surface area contributed by atoms with Crippen molar-refractivity contribution in [3.63, 3.8) is 0 Å². The van der Waals surface area contributed by atoms with Gasteiger partial charge in [0, 0.05) is 23.4 Å². The molecule has 0 radical (unpaired) electrons. The molecule has 1 amide bonds.